The third-order valence-corrected chi connectivity index (χ3v) is 4.79. The second-order valence-electron chi connectivity index (χ2n) is 6.16. The Hall–Kier alpha value is -2.76. The average Bonchev–Trinajstić information content (AvgIpc) is 3.21. The van der Waals surface area contributed by atoms with Gasteiger partial charge >= 0.3 is 0 Å². The molecule has 134 valence electrons. The zero-order valence-corrected chi connectivity index (χ0v) is 16.1. The molecule has 0 bridgehead atoms. The third-order valence-electron chi connectivity index (χ3n) is 4.26. The van der Waals surface area contributed by atoms with Gasteiger partial charge in [-0.25, -0.2) is 0 Å². The Morgan fingerprint density at radius 1 is 0.815 bits per heavy atom. The lowest BCUT2D eigenvalue weighted by Gasteiger charge is -2.16. The standard InChI is InChI=1S/C22H18BrN3O/c23-19-13-11-17(12-14-19)20(24-15-16-7-3-1-4-8-16)22-26-25-21(27-22)18-9-5-2-6-10-18/h1-14,20,24H,15H2. The number of hydrogen-bond donors (Lipinski definition) is 1. The molecule has 3 aromatic carbocycles. The van der Waals surface area contributed by atoms with Crippen LogP contribution in [0.25, 0.3) is 11.5 Å². The fourth-order valence-electron chi connectivity index (χ4n) is 2.87. The van der Waals surface area contributed by atoms with E-state index in [1.54, 1.807) is 0 Å². The highest BCUT2D eigenvalue weighted by Crippen LogP contribution is 2.26. The van der Waals surface area contributed by atoms with Crippen LogP contribution in [0.15, 0.2) is 93.8 Å². The van der Waals surface area contributed by atoms with E-state index >= 15 is 0 Å². The Morgan fingerprint density at radius 2 is 1.48 bits per heavy atom. The molecule has 0 spiro atoms. The molecule has 0 fully saturated rings. The van der Waals surface area contributed by atoms with Crippen molar-refractivity contribution in [2.75, 3.05) is 0 Å². The summed E-state index contributed by atoms with van der Waals surface area (Å²) in [4.78, 5) is 0. The summed E-state index contributed by atoms with van der Waals surface area (Å²) in [6.45, 7) is 0.699. The van der Waals surface area contributed by atoms with Gasteiger partial charge in [0, 0.05) is 16.6 Å². The molecule has 1 aromatic heterocycles. The Labute approximate surface area is 166 Å². The number of nitrogens with one attached hydrogen (secondary N) is 1. The summed E-state index contributed by atoms with van der Waals surface area (Å²) in [5.41, 5.74) is 3.17. The summed E-state index contributed by atoms with van der Waals surface area (Å²) in [6.07, 6.45) is 0. The maximum atomic E-state index is 6.01. The average molecular weight is 420 g/mol. The quantitative estimate of drug-likeness (QED) is 0.455. The molecule has 0 saturated carbocycles. The van der Waals surface area contributed by atoms with Crippen molar-refractivity contribution in [3.8, 4) is 11.5 Å². The number of halogens is 1. The van der Waals surface area contributed by atoms with E-state index in [4.69, 9.17) is 4.42 Å². The van der Waals surface area contributed by atoms with Gasteiger partial charge in [-0.05, 0) is 35.4 Å². The number of benzene rings is 3. The topological polar surface area (TPSA) is 51.0 Å². The summed E-state index contributed by atoms with van der Waals surface area (Å²) >= 11 is 3.49. The minimum absolute atomic E-state index is 0.191. The van der Waals surface area contributed by atoms with Crippen LogP contribution in [0.2, 0.25) is 0 Å². The highest BCUT2D eigenvalue weighted by Gasteiger charge is 2.21. The molecule has 4 aromatic rings. The largest absolute Gasteiger partial charge is 0.419 e. The van der Waals surface area contributed by atoms with Crippen molar-refractivity contribution in [1.82, 2.24) is 15.5 Å². The second kappa shape index (κ2) is 8.29. The fourth-order valence-corrected chi connectivity index (χ4v) is 3.13. The predicted molar refractivity (Wildman–Crippen MR) is 109 cm³/mol. The van der Waals surface area contributed by atoms with Crippen LogP contribution in [-0.4, -0.2) is 10.2 Å². The number of aromatic nitrogens is 2. The van der Waals surface area contributed by atoms with Crippen molar-refractivity contribution >= 4 is 15.9 Å². The first kappa shape index (κ1) is 17.6. The number of rotatable bonds is 6. The van der Waals surface area contributed by atoms with E-state index in [2.05, 4.69) is 55.7 Å². The van der Waals surface area contributed by atoms with Gasteiger partial charge in [-0.15, -0.1) is 10.2 Å². The molecule has 0 amide bonds. The highest BCUT2D eigenvalue weighted by molar-refractivity contribution is 9.10. The molecular weight excluding hydrogens is 402 g/mol. The van der Waals surface area contributed by atoms with Crippen LogP contribution in [0, 0.1) is 0 Å². The smallest absolute Gasteiger partial charge is 0.247 e. The first-order chi connectivity index (χ1) is 13.3. The monoisotopic (exact) mass is 419 g/mol. The zero-order valence-electron chi connectivity index (χ0n) is 14.5. The molecule has 4 nitrogen and oxygen atoms in total. The van der Waals surface area contributed by atoms with E-state index in [1.807, 2.05) is 60.7 Å². The normalized spacial score (nSPS) is 12.0. The molecule has 1 N–H and O–H groups in total. The molecule has 0 saturated heterocycles. The van der Waals surface area contributed by atoms with E-state index in [1.165, 1.54) is 5.56 Å². The van der Waals surface area contributed by atoms with Crippen LogP contribution in [0.3, 0.4) is 0 Å². The first-order valence-corrected chi connectivity index (χ1v) is 9.50. The van der Waals surface area contributed by atoms with Gasteiger partial charge < -0.3 is 4.42 Å². The Bertz CT molecular complexity index is 985. The van der Waals surface area contributed by atoms with Crippen molar-refractivity contribution in [3.63, 3.8) is 0 Å². The van der Waals surface area contributed by atoms with Crippen LogP contribution < -0.4 is 5.32 Å². The lowest BCUT2D eigenvalue weighted by molar-refractivity contribution is 0.438. The SMILES string of the molecule is Brc1ccc(C(NCc2ccccc2)c2nnc(-c3ccccc3)o2)cc1. The first-order valence-electron chi connectivity index (χ1n) is 8.71. The van der Waals surface area contributed by atoms with Gasteiger partial charge in [0.05, 0.1) is 0 Å². The molecular formula is C22H18BrN3O. The summed E-state index contributed by atoms with van der Waals surface area (Å²) in [5.74, 6) is 1.07. The molecule has 4 rings (SSSR count). The van der Waals surface area contributed by atoms with E-state index in [0.29, 0.717) is 18.3 Å². The Balaban J connectivity index is 1.63. The molecule has 0 aliphatic heterocycles. The molecule has 1 atom stereocenters. The molecule has 1 unspecified atom stereocenters. The molecule has 0 aliphatic rings. The van der Waals surface area contributed by atoms with E-state index < -0.39 is 0 Å². The summed E-state index contributed by atoms with van der Waals surface area (Å²) in [6, 6.07) is 28.0. The van der Waals surface area contributed by atoms with Crippen LogP contribution in [0.5, 0.6) is 0 Å². The van der Waals surface area contributed by atoms with Crippen molar-refractivity contribution in [3.05, 3.63) is 106 Å². The van der Waals surface area contributed by atoms with Gasteiger partial charge in [0.25, 0.3) is 0 Å². The Morgan fingerprint density at radius 3 is 2.19 bits per heavy atom. The van der Waals surface area contributed by atoms with Crippen LogP contribution >= 0.6 is 15.9 Å². The Kier molecular flexibility index (Phi) is 5.42. The van der Waals surface area contributed by atoms with Crippen LogP contribution in [0.4, 0.5) is 0 Å². The lowest BCUT2D eigenvalue weighted by Crippen LogP contribution is -2.22. The van der Waals surface area contributed by atoms with E-state index in [0.717, 1.165) is 15.6 Å². The van der Waals surface area contributed by atoms with E-state index in [9.17, 15) is 0 Å². The maximum Gasteiger partial charge on any atom is 0.247 e. The lowest BCUT2D eigenvalue weighted by atomic mass is 10.1. The predicted octanol–water partition coefficient (Wildman–Crippen LogP) is 5.38. The van der Waals surface area contributed by atoms with Gasteiger partial charge in [-0.3, -0.25) is 5.32 Å². The van der Waals surface area contributed by atoms with Crippen molar-refractivity contribution in [1.29, 1.82) is 0 Å². The van der Waals surface area contributed by atoms with Gasteiger partial charge in [0.2, 0.25) is 11.8 Å². The number of hydrogen-bond acceptors (Lipinski definition) is 4. The van der Waals surface area contributed by atoms with E-state index in [-0.39, 0.29) is 6.04 Å². The van der Waals surface area contributed by atoms with Crippen LogP contribution in [-0.2, 0) is 6.54 Å². The van der Waals surface area contributed by atoms with Gasteiger partial charge in [0.15, 0.2) is 0 Å². The minimum Gasteiger partial charge on any atom is -0.419 e. The molecule has 5 heteroatoms. The summed E-state index contributed by atoms with van der Waals surface area (Å²) in [7, 11) is 0. The molecule has 1 heterocycles. The fraction of sp³-hybridized carbons (Fsp3) is 0.0909. The van der Waals surface area contributed by atoms with Crippen LogP contribution in [0.1, 0.15) is 23.1 Å². The number of nitrogens with zero attached hydrogens (tertiary/aromatic N) is 2. The summed E-state index contributed by atoms with van der Waals surface area (Å²) < 4.78 is 7.04. The maximum absolute atomic E-state index is 6.01. The zero-order chi connectivity index (χ0) is 18.5. The third kappa shape index (κ3) is 4.32. The van der Waals surface area contributed by atoms with Crippen molar-refractivity contribution in [2.45, 2.75) is 12.6 Å². The highest BCUT2D eigenvalue weighted by atomic mass is 79.9. The molecule has 0 radical (unpaired) electrons. The van der Waals surface area contributed by atoms with Crippen molar-refractivity contribution in [2.24, 2.45) is 0 Å². The minimum atomic E-state index is -0.191. The molecule has 27 heavy (non-hydrogen) atoms. The molecule has 0 aliphatic carbocycles. The second-order valence-corrected chi connectivity index (χ2v) is 7.08. The van der Waals surface area contributed by atoms with Crippen molar-refractivity contribution < 1.29 is 4.42 Å². The summed E-state index contributed by atoms with van der Waals surface area (Å²) in [5, 5.41) is 12.1. The van der Waals surface area contributed by atoms with Gasteiger partial charge in [-0.1, -0.05) is 76.6 Å². The van der Waals surface area contributed by atoms with Gasteiger partial charge in [0.1, 0.15) is 6.04 Å². The van der Waals surface area contributed by atoms with Gasteiger partial charge in [-0.2, -0.15) is 0 Å².